The number of hydrogen-bond donors (Lipinski definition) is 1. The van der Waals surface area contributed by atoms with Crippen LogP contribution in [0.15, 0.2) is 42.5 Å². The minimum Gasteiger partial charge on any atom is -0.478 e. The van der Waals surface area contributed by atoms with E-state index < -0.39 is 5.97 Å². The van der Waals surface area contributed by atoms with Gasteiger partial charge in [-0.3, -0.25) is 0 Å². The molecule has 0 aromatic heterocycles. The van der Waals surface area contributed by atoms with Gasteiger partial charge in [0.2, 0.25) is 6.79 Å². The number of carboxylic acids is 1. The van der Waals surface area contributed by atoms with Gasteiger partial charge in [-0.15, -0.1) is 0 Å². The van der Waals surface area contributed by atoms with Crippen molar-refractivity contribution in [3.63, 3.8) is 0 Å². The Hall–Kier alpha value is -2.49. The van der Waals surface area contributed by atoms with Gasteiger partial charge in [-0.25, -0.2) is 4.79 Å². The Balaban J connectivity index is 1.94. The third-order valence-electron chi connectivity index (χ3n) is 6.22. The molecule has 0 radical (unpaired) electrons. The molecule has 188 valence electrons. The molecule has 4 heteroatoms. The van der Waals surface area contributed by atoms with Crippen LogP contribution < -0.4 is 9.47 Å². The summed E-state index contributed by atoms with van der Waals surface area (Å²) >= 11 is 0. The molecule has 2 aromatic carbocycles. The highest BCUT2D eigenvalue weighted by molar-refractivity contribution is 5.90. The Morgan fingerprint density at radius 2 is 1.24 bits per heavy atom. The van der Waals surface area contributed by atoms with Crippen LogP contribution in [-0.4, -0.2) is 17.9 Å². The van der Waals surface area contributed by atoms with E-state index in [0.29, 0.717) is 5.75 Å². The zero-order valence-corrected chi connectivity index (χ0v) is 21.3. The molecule has 0 atom stereocenters. The van der Waals surface area contributed by atoms with Crippen LogP contribution >= 0.6 is 0 Å². The van der Waals surface area contributed by atoms with Crippen molar-refractivity contribution in [2.75, 3.05) is 6.79 Å². The quantitative estimate of drug-likeness (QED) is 0.166. The van der Waals surface area contributed by atoms with Gasteiger partial charge in [0.05, 0.1) is 0 Å². The van der Waals surface area contributed by atoms with Gasteiger partial charge in [0.1, 0.15) is 17.1 Å². The second-order valence-electron chi connectivity index (χ2n) is 9.23. The number of benzene rings is 2. The fraction of sp³-hybridized carbons (Fsp3) is 0.567. The number of carboxylic acid groups (broad SMARTS) is 1. The summed E-state index contributed by atoms with van der Waals surface area (Å²) in [5.74, 6) is 0.126. The maximum atomic E-state index is 11.4. The molecule has 0 aliphatic heterocycles. The molecule has 2 aromatic rings. The average molecular weight is 469 g/mol. The summed E-state index contributed by atoms with van der Waals surface area (Å²) in [6.45, 7) is 4.49. The molecule has 0 amide bonds. The Morgan fingerprint density at radius 3 is 1.79 bits per heavy atom. The molecule has 1 N–H and O–H groups in total. The molecule has 0 heterocycles. The van der Waals surface area contributed by atoms with Crippen molar-refractivity contribution in [1.82, 2.24) is 0 Å². The normalized spacial score (nSPS) is 10.9. The summed E-state index contributed by atoms with van der Waals surface area (Å²) in [5, 5.41) is 9.33. The smallest absolute Gasteiger partial charge is 0.339 e. The molecule has 34 heavy (non-hydrogen) atoms. The lowest BCUT2D eigenvalue weighted by atomic mass is 9.99. The lowest BCUT2D eigenvalue weighted by Gasteiger charge is -2.13. The van der Waals surface area contributed by atoms with Crippen LogP contribution in [0.25, 0.3) is 0 Å². The van der Waals surface area contributed by atoms with Crippen LogP contribution in [0, 0.1) is 0 Å². The Bertz CT molecular complexity index is 796. The van der Waals surface area contributed by atoms with E-state index in [1.165, 1.54) is 94.2 Å². The van der Waals surface area contributed by atoms with Crippen LogP contribution in [0.3, 0.4) is 0 Å². The highest BCUT2D eigenvalue weighted by atomic mass is 16.7. The summed E-state index contributed by atoms with van der Waals surface area (Å²) in [6, 6.07) is 13.2. The predicted octanol–water partition coefficient (Wildman–Crippen LogP) is 8.61. The molecule has 0 bridgehead atoms. The first kappa shape index (κ1) is 27.8. The molecular formula is C30H44O4. The van der Waals surface area contributed by atoms with Crippen molar-refractivity contribution in [3.05, 3.63) is 59.2 Å². The van der Waals surface area contributed by atoms with E-state index in [-0.39, 0.29) is 12.4 Å². The molecule has 0 aliphatic carbocycles. The van der Waals surface area contributed by atoms with Crippen molar-refractivity contribution >= 4 is 5.97 Å². The zero-order valence-electron chi connectivity index (χ0n) is 21.3. The van der Waals surface area contributed by atoms with Crippen LogP contribution in [0.1, 0.15) is 112 Å². The van der Waals surface area contributed by atoms with Gasteiger partial charge in [-0.2, -0.15) is 0 Å². The number of carbonyl (C=O) groups is 1. The Kier molecular flexibility index (Phi) is 13.9. The van der Waals surface area contributed by atoms with E-state index in [4.69, 9.17) is 9.47 Å². The van der Waals surface area contributed by atoms with Crippen molar-refractivity contribution in [2.45, 2.75) is 104 Å². The number of ether oxygens (including phenoxy) is 2. The monoisotopic (exact) mass is 468 g/mol. The topological polar surface area (TPSA) is 55.8 Å². The third-order valence-corrected chi connectivity index (χ3v) is 6.22. The maximum Gasteiger partial charge on any atom is 0.339 e. The highest BCUT2D eigenvalue weighted by Crippen LogP contribution is 2.23. The van der Waals surface area contributed by atoms with E-state index in [2.05, 4.69) is 32.0 Å². The summed E-state index contributed by atoms with van der Waals surface area (Å²) in [5.41, 5.74) is 2.78. The lowest BCUT2D eigenvalue weighted by molar-refractivity contribution is 0.0682. The van der Waals surface area contributed by atoms with Gasteiger partial charge in [-0.1, -0.05) is 96.3 Å². The van der Waals surface area contributed by atoms with Gasteiger partial charge in [0, 0.05) is 0 Å². The highest BCUT2D eigenvalue weighted by Gasteiger charge is 2.10. The molecule has 0 fully saturated rings. The van der Waals surface area contributed by atoms with E-state index in [0.717, 1.165) is 18.6 Å². The van der Waals surface area contributed by atoms with Crippen LogP contribution in [-0.2, 0) is 12.8 Å². The molecule has 0 aliphatic rings. The Labute approximate surface area is 206 Å². The van der Waals surface area contributed by atoms with E-state index >= 15 is 0 Å². The Morgan fingerprint density at radius 1 is 0.706 bits per heavy atom. The van der Waals surface area contributed by atoms with Gasteiger partial charge in [0.15, 0.2) is 0 Å². The lowest BCUT2D eigenvalue weighted by Crippen LogP contribution is -2.09. The van der Waals surface area contributed by atoms with Gasteiger partial charge < -0.3 is 14.6 Å². The first-order valence-electron chi connectivity index (χ1n) is 13.3. The number of aryl methyl sites for hydroxylation is 2. The standard InChI is InChI=1S/C30H44O4/c1-3-5-7-9-11-13-17-25-21-26(18-14-12-10-8-6-4-2)23-27(22-25)33-24-34-29-20-16-15-19-28(29)30(31)32/h15-16,19-23H,3-14,17-18,24H2,1-2H3,(H,31,32). The summed E-state index contributed by atoms with van der Waals surface area (Å²) in [6.07, 6.45) is 17.6. The van der Waals surface area contributed by atoms with Crippen molar-refractivity contribution in [2.24, 2.45) is 0 Å². The van der Waals surface area contributed by atoms with Gasteiger partial charge >= 0.3 is 5.97 Å². The molecule has 0 saturated carbocycles. The fourth-order valence-electron chi connectivity index (χ4n) is 4.25. The number of unbranched alkanes of at least 4 members (excludes halogenated alkanes) is 10. The summed E-state index contributed by atoms with van der Waals surface area (Å²) < 4.78 is 11.6. The zero-order chi connectivity index (χ0) is 24.4. The predicted molar refractivity (Wildman–Crippen MR) is 140 cm³/mol. The summed E-state index contributed by atoms with van der Waals surface area (Å²) in [4.78, 5) is 11.4. The SMILES string of the molecule is CCCCCCCCc1cc(CCCCCCCC)cc(OCOc2ccccc2C(=O)O)c1. The fourth-order valence-corrected chi connectivity index (χ4v) is 4.25. The first-order valence-corrected chi connectivity index (χ1v) is 13.3. The average Bonchev–Trinajstić information content (AvgIpc) is 2.83. The van der Waals surface area contributed by atoms with Crippen LogP contribution in [0.2, 0.25) is 0 Å². The van der Waals surface area contributed by atoms with Gasteiger partial charge in [-0.05, 0) is 61.1 Å². The second-order valence-corrected chi connectivity index (χ2v) is 9.23. The van der Waals surface area contributed by atoms with E-state index in [1.54, 1.807) is 18.2 Å². The second kappa shape index (κ2) is 17.0. The molecule has 0 spiro atoms. The number of rotatable bonds is 19. The third kappa shape index (κ3) is 11.1. The first-order chi connectivity index (χ1) is 16.6. The molecule has 0 unspecified atom stereocenters. The van der Waals surface area contributed by atoms with Crippen molar-refractivity contribution in [1.29, 1.82) is 0 Å². The number of para-hydroxylation sites is 1. The summed E-state index contributed by atoms with van der Waals surface area (Å²) in [7, 11) is 0. The van der Waals surface area contributed by atoms with Crippen LogP contribution in [0.4, 0.5) is 0 Å². The van der Waals surface area contributed by atoms with Crippen LogP contribution in [0.5, 0.6) is 11.5 Å². The van der Waals surface area contributed by atoms with Gasteiger partial charge in [0.25, 0.3) is 0 Å². The molecular weight excluding hydrogens is 424 g/mol. The molecule has 0 saturated heterocycles. The largest absolute Gasteiger partial charge is 0.478 e. The van der Waals surface area contributed by atoms with Crippen molar-refractivity contribution in [3.8, 4) is 11.5 Å². The maximum absolute atomic E-state index is 11.4. The number of hydrogen-bond acceptors (Lipinski definition) is 3. The van der Waals surface area contributed by atoms with Crippen molar-refractivity contribution < 1.29 is 19.4 Å². The van der Waals surface area contributed by atoms with E-state index in [1.807, 2.05) is 0 Å². The molecule has 2 rings (SSSR count). The van der Waals surface area contributed by atoms with E-state index in [9.17, 15) is 9.90 Å². The molecule has 4 nitrogen and oxygen atoms in total. The minimum absolute atomic E-state index is 0.0127. The number of aromatic carboxylic acids is 1. The minimum atomic E-state index is -1.00.